The number of nitrogens with zero attached hydrogens (tertiary/aromatic N) is 3. The van der Waals surface area contributed by atoms with Gasteiger partial charge in [0.25, 0.3) is 0 Å². The summed E-state index contributed by atoms with van der Waals surface area (Å²) in [5, 5.41) is 15.7. The number of halogens is 4. The van der Waals surface area contributed by atoms with Crippen LogP contribution in [0.5, 0.6) is 5.75 Å². The molecule has 2 amide bonds. The van der Waals surface area contributed by atoms with Crippen molar-refractivity contribution < 1.29 is 27.1 Å². The zero-order valence-electron chi connectivity index (χ0n) is 20.3. The molecule has 1 aliphatic heterocycles. The molecule has 3 aromatic carbocycles. The Hall–Kier alpha value is -4.25. The van der Waals surface area contributed by atoms with Crippen LogP contribution in [-0.2, 0) is 0 Å². The molecule has 0 atom stereocenters. The van der Waals surface area contributed by atoms with E-state index in [4.69, 9.17) is 0 Å². The van der Waals surface area contributed by atoms with Crippen LogP contribution in [0.2, 0.25) is 0 Å². The molecular weight excluding hydrogens is 502 g/mol. The highest BCUT2D eigenvalue weighted by atomic mass is 19.4. The Morgan fingerprint density at radius 1 is 0.947 bits per heavy atom. The molecule has 0 radical (unpaired) electrons. The van der Waals surface area contributed by atoms with Crippen LogP contribution in [0.3, 0.4) is 0 Å². The average molecular weight is 526 g/mol. The van der Waals surface area contributed by atoms with Crippen molar-refractivity contribution in [3.8, 4) is 28.3 Å². The number of fused-ring (bicyclic) bond motifs is 1. The van der Waals surface area contributed by atoms with E-state index in [1.54, 1.807) is 48.2 Å². The zero-order valence-corrected chi connectivity index (χ0v) is 20.3. The van der Waals surface area contributed by atoms with Crippen molar-refractivity contribution in [3.63, 3.8) is 0 Å². The second-order valence-electron chi connectivity index (χ2n) is 8.78. The van der Waals surface area contributed by atoms with Crippen LogP contribution >= 0.6 is 0 Å². The molecule has 1 saturated heterocycles. The van der Waals surface area contributed by atoms with E-state index in [-0.39, 0.29) is 17.3 Å². The van der Waals surface area contributed by atoms with Crippen molar-refractivity contribution in [2.24, 2.45) is 0 Å². The van der Waals surface area contributed by atoms with Gasteiger partial charge < -0.3 is 20.3 Å². The number of urea groups is 1. The standard InChI is InChI=1S/C27H23F4N5O2/c1-16-21(33-26(37)36-14-12-32-13-15-36)10-11-22(38-27(29,30)31)23(16)25-20-5-3-2-4-19(20)24(34-35-25)17-6-8-18(28)9-7-17/h2-11,32H,12-15H2,1H3,(H,33,37). The van der Waals surface area contributed by atoms with Gasteiger partial charge in [0.15, 0.2) is 0 Å². The first-order valence-electron chi connectivity index (χ1n) is 11.9. The normalized spacial score (nSPS) is 14.0. The lowest BCUT2D eigenvalue weighted by atomic mass is 9.96. The number of benzene rings is 3. The van der Waals surface area contributed by atoms with Crippen LogP contribution < -0.4 is 15.4 Å². The van der Waals surface area contributed by atoms with Gasteiger partial charge in [-0.3, -0.25) is 0 Å². The first kappa shape index (κ1) is 25.4. The predicted octanol–water partition coefficient (Wildman–Crippen LogP) is 5.75. The van der Waals surface area contributed by atoms with Gasteiger partial charge in [0.1, 0.15) is 23.0 Å². The summed E-state index contributed by atoms with van der Waals surface area (Å²) in [7, 11) is 0. The molecule has 0 aliphatic carbocycles. The number of aromatic nitrogens is 2. The third-order valence-electron chi connectivity index (χ3n) is 6.34. The van der Waals surface area contributed by atoms with Gasteiger partial charge in [-0.1, -0.05) is 24.3 Å². The molecule has 0 unspecified atom stereocenters. The third kappa shape index (κ3) is 5.23. The van der Waals surface area contributed by atoms with Crippen LogP contribution in [0, 0.1) is 12.7 Å². The minimum atomic E-state index is -4.95. The third-order valence-corrected chi connectivity index (χ3v) is 6.34. The number of alkyl halides is 3. The molecule has 0 bridgehead atoms. The molecule has 196 valence electrons. The van der Waals surface area contributed by atoms with Crippen LogP contribution in [0.15, 0.2) is 60.7 Å². The Balaban J connectivity index is 1.65. The number of nitrogens with one attached hydrogen (secondary N) is 2. The minimum absolute atomic E-state index is 0.0507. The summed E-state index contributed by atoms with van der Waals surface area (Å²) in [5.41, 5.74) is 1.91. The largest absolute Gasteiger partial charge is 0.573 e. The van der Waals surface area contributed by atoms with Crippen molar-refractivity contribution in [1.29, 1.82) is 0 Å². The smallest absolute Gasteiger partial charge is 0.405 e. The number of piperazine rings is 1. The number of carbonyl (C=O) groups is 1. The summed E-state index contributed by atoms with van der Waals surface area (Å²) in [5.74, 6) is -0.879. The van der Waals surface area contributed by atoms with E-state index in [0.29, 0.717) is 59.5 Å². The van der Waals surface area contributed by atoms with Gasteiger partial charge >= 0.3 is 12.4 Å². The SMILES string of the molecule is Cc1c(NC(=O)N2CCNCC2)ccc(OC(F)(F)F)c1-c1nnc(-c2ccc(F)cc2)c2ccccc12. The summed E-state index contributed by atoms with van der Waals surface area (Å²) in [6, 6.07) is 14.9. The highest BCUT2D eigenvalue weighted by Crippen LogP contribution is 2.42. The lowest BCUT2D eigenvalue weighted by molar-refractivity contribution is -0.274. The van der Waals surface area contributed by atoms with Crippen molar-refractivity contribution in [2.45, 2.75) is 13.3 Å². The quantitative estimate of drug-likeness (QED) is 0.332. The summed E-state index contributed by atoms with van der Waals surface area (Å²) < 4.78 is 58.0. The fourth-order valence-electron chi connectivity index (χ4n) is 4.50. The van der Waals surface area contributed by atoms with Crippen LogP contribution in [-0.4, -0.2) is 53.7 Å². The van der Waals surface area contributed by atoms with Crippen molar-refractivity contribution >= 4 is 22.5 Å². The Labute approximate surface area is 215 Å². The van der Waals surface area contributed by atoms with E-state index >= 15 is 0 Å². The van der Waals surface area contributed by atoms with Gasteiger partial charge in [0.05, 0.1) is 5.56 Å². The molecule has 2 N–H and O–H groups in total. The van der Waals surface area contributed by atoms with Crippen LogP contribution in [0.25, 0.3) is 33.3 Å². The number of carbonyl (C=O) groups excluding carboxylic acids is 1. The molecule has 7 nitrogen and oxygen atoms in total. The zero-order chi connectivity index (χ0) is 26.9. The molecular formula is C27H23F4N5O2. The molecule has 1 fully saturated rings. The van der Waals surface area contributed by atoms with Gasteiger partial charge in [0, 0.05) is 48.2 Å². The lowest BCUT2D eigenvalue weighted by Gasteiger charge is -2.28. The number of hydrogen-bond acceptors (Lipinski definition) is 5. The summed E-state index contributed by atoms with van der Waals surface area (Å²) in [4.78, 5) is 14.5. The molecule has 11 heteroatoms. The highest BCUT2D eigenvalue weighted by Gasteiger charge is 2.34. The summed E-state index contributed by atoms with van der Waals surface area (Å²) in [6.07, 6.45) is -4.95. The second kappa shape index (κ2) is 10.3. The Kier molecular flexibility index (Phi) is 6.85. The van der Waals surface area contributed by atoms with E-state index in [0.717, 1.165) is 6.07 Å². The number of anilines is 1. The van der Waals surface area contributed by atoms with E-state index in [1.165, 1.54) is 18.2 Å². The number of amides is 2. The van der Waals surface area contributed by atoms with Crippen molar-refractivity contribution in [1.82, 2.24) is 20.4 Å². The molecule has 0 saturated carbocycles. The predicted molar refractivity (Wildman–Crippen MR) is 135 cm³/mol. The van der Waals surface area contributed by atoms with Gasteiger partial charge in [0.2, 0.25) is 0 Å². The van der Waals surface area contributed by atoms with Crippen LogP contribution in [0.4, 0.5) is 28.0 Å². The molecule has 38 heavy (non-hydrogen) atoms. The Morgan fingerprint density at radius 3 is 2.24 bits per heavy atom. The monoisotopic (exact) mass is 525 g/mol. The van der Waals surface area contributed by atoms with Gasteiger partial charge in [-0.25, -0.2) is 9.18 Å². The highest BCUT2D eigenvalue weighted by molar-refractivity contribution is 6.03. The first-order valence-corrected chi connectivity index (χ1v) is 11.9. The number of ether oxygens (including phenoxy) is 1. The Morgan fingerprint density at radius 2 is 1.58 bits per heavy atom. The molecule has 1 aliphatic rings. The lowest BCUT2D eigenvalue weighted by Crippen LogP contribution is -2.48. The maximum Gasteiger partial charge on any atom is 0.573 e. The number of hydrogen-bond donors (Lipinski definition) is 2. The Bertz CT molecular complexity index is 1490. The van der Waals surface area contributed by atoms with Crippen molar-refractivity contribution in [2.75, 3.05) is 31.5 Å². The van der Waals surface area contributed by atoms with Crippen molar-refractivity contribution in [3.05, 3.63) is 72.0 Å². The maximum absolute atomic E-state index is 13.5. The molecule has 1 aromatic heterocycles. The van der Waals surface area contributed by atoms with Gasteiger partial charge in [-0.2, -0.15) is 0 Å². The molecule has 0 spiro atoms. The average Bonchev–Trinajstić information content (AvgIpc) is 2.90. The summed E-state index contributed by atoms with van der Waals surface area (Å²) in [6.45, 7) is 3.91. The van der Waals surface area contributed by atoms with Crippen LogP contribution in [0.1, 0.15) is 5.56 Å². The number of rotatable bonds is 4. The van der Waals surface area contributed by atoms with E-state index in [2.05, 4.69) is 25.6 Å². The second-order valence-corrected chi connectivity index (χ2v) is 8.78. The first-order chi connectivity index (χ1) is 18.2. The molecule has 2 heterocycles. The molecule has 5 rings (SSSR count). The fourth-order valence-corrected chi connectivity index (χ4v) is 4.50. The van der Waals surface area contributed by atoms with E-state index in [1.807, 2.05) is 0 Å². The molecule has 4 aromatic rings. The van der Waals surface area contributed by atoms with E-state index < -0.39 is 17.9 Å². The minimum Gasteiger partial charge on any atom is -0.405 e. The van der Waals surface area contributed by atoms with Gasteiger partial charge in [-0.05, 0) is 48.9 Å². The maximum atomic E-state index is 13.5. The fraction of sp³-hybridized carbons (Fsp3) is 0.222. The topological polar surface area (TPSA) is 79.4 Å². The summed E-state index contributed by atoms with van der Waals surface area (Å²) >= 11 is 0. The van der Waals surface area contributed by atoms with Gasteiger partial charge in [-0.15, -0.1) is 23.4 Å². The van der Waals surface area contributed by atoms with E-state index in [9.17, 15) is 22.4 Å².